The van der Waals surface area contributed by atoms with Crippen LogP contribution in [0, 0.1) is 13.8 Å². The number of nitrogens with two attached hydrogens (primary N) is 1. The summed E-state index contributed by atoms with van der Waals surface area (Å²) in [6, 6.07) is 14.5. The highest BCUT2D eigenvalue weighted by Gasteiger charge is 2.24. The molecule has 0 aromatic heterocycles. The van der Waals surface area contributed by atoms with Gasteiger partial charge in [0, 0.05) is 0 Å². The second kappa shape index (κ2) is 6.31. The van der Waals surface area contributed by atoms with E-state index in [4.69, 9.17) is 10.5 Å². The van der Waals surface area contributed by atoms with E-state index in [0.717, 1.165) is 29.9 Å². The molecule has 21 heavy (non-hydrogen) atoms. The standard InChI is InChI=1S/C19H25NO/c1-5-12-21-18-10-8-16(9-11-18)19(4,20)17-7-6-14(2)15(3)13-17/h6-11,13H,5,12,20H2,1-4H3. The molecule has 0 aliphatic carbocycles. The molecule has 0 saturated carbocycles. The van der Waals surface area contributed by atoms with Crippen molar-refractivity contribution >= 4 is 0 Å². The Morgan fingerprint density at radius 3 is 2.14 bits per heavy atom. The van der Waals surface area contributed by atoms with Crippen LogP contribution >= 0.6 is 0 Å². The predicted molar refractivity (Wildman–Crippen MR) is 88.8 cm³/mol. The van der Waals surface area contributed by atoms with Gasteiger partial charge >= 0.3 is 0 Å². The van der Waals surface area contributed by atoms with Crippen LogP contribution in [0.4, 0.5) is 0 Å². The maximum absolute atomic E-state index is 6.59. The van der Waals surface area contributed by atoms with E-state index in [2.05, 4.69) is 58.0 Å². The number of rotatable bonds is 5. The Kier molecular flexibility index (Phi) is 4.69. The molecule has 0 heterocycles. The van der Waals surface area contributed by atoms with Gasteiger partial charge in [0.05, 0.1) is 12.1 Å². The zero-order valence-electron chi connectivity index (χ0n) is 13.4. The summed E-state index contributed by atoms with van der Waals surface area (Å²) in [4.78, 5) is 0. The molecular formula is C19H25NO. The minimum atomic E-state index is -0.498. The monoisotopic (exact) mass is 283 g/mol. The Bertz CT molecular complexity index is 599. The van der Waals surface area contributed by atoms with Crippen LogP contribution in [-0.2, 0) is 5.54 Å². The Morgan fingerprint density at radius 2 is 1.57 bits per heavy atom. The average molecular weight is 283 g/mol. The Hall–Kier alpha value is -1.80. The zero-order chi connectivity index (χ0) is 15.5. The third-order valence-electron chi connectivity index (χ3n) is 4.03. The van der Waals surface area contributed by atoms with Gasteiger partial charge in [0.1, 0.15) is 5.75 Å². The van der Waals surface area contributed by atoms with Crippen molar-refractivity contribution in [1.82, 2.24) is 0 Å². The second-order valence-electron chi connectivity index (χ2n) is 5.87. The predicted octanol–water partition coefficient (Wildman–Crippen LogP) is 4.31. The fraction of sp³-hybridized carbons (Fsp3) is 0.368. The maximum Gasteiger partial charge on any atom is 0.119 e. The fourth-order valence-electron chi connectivity index (χ4n) is 2.35. The lowest BCUT2D eigenvalue weighted by molar-refractivity contribution is 0.317. The van der Waals surface area contributed by atoms with Crippen molar-refractivity contribution in [3.05, 3.63) is 64.7 Å². The number of ether oxygens (including phenoxy) is 1. The van der Waals surface area contributed by atoms with E-state index in [-0.39, 0.29) is 0 Å². The molecule has 0 saturated heterocycles. The van der Waals surface area contributed by atoms with Gasteiger partial charge in [0.15, 0.2) is 0 Å². The van der Waals surface area contributed by atoms with Gasteiger partial charge in [-0.3, -0.25) is 0 Å². The third-order valence-corrected chi connectivity index (χ3v) is 4.03. The number of benzene rings is 2. The number of hydrogen-bond acceptors (Lipinski definition) is 2. The van der Waals surface area contributed by atoms with Crippen molar-refractivity contribution in [1.29, 1.82) is 0 Å². The SMILES string of the molecule is CCCOc1ccc(C(C)(N)c2ccc(C)c(C)c2)cc1. The molecule has 0 amide bonds. The summed E-state index contributed by atoms with van der Waals surface area (Å²) in [5.74, 6) is 0.900. The topological polar surface area (TPSA) is 35.2 Å². The first-order valence-electron chi connectivity index (χ1n) is 7.55. The molecule has 0 aliphatic rings. The van der Waals surface area contributed by atoms with Crippen LogP contribution in [0.5, 0.6) is 5.75 Å². The largest absolute Gasteiger partial charge is 0.494 e. The average Bonchev–Trinajstić information content (AvgIpc) is 2.48. The van der Waals surface area contributed by atoms with Crippen molar-refractivity contribution in [3.63, 3.8) is 0 Å². The summed E-state index contributed by atoms with van der Waals surface area (Å²) in [5.41, 5.74) is 10.9. The van der Waals surface area contributed by atoms with Crippen LogP contribution in [0.3, 0.4) is 0 Å². The molecule has 112 valence electrons. The summed E-state index contributed by atoms with van der Waals surface area (Å²) < 4.78 is 5.62. The first-order valence-corrected chi connectivity index (χ1v) is 7.55. The summed E-state index contributed by atoms with van der Waals surface area (Å²) in [6.07, 6.45) is 1.01. The Labute approximate surface area is 127 Å². The van der Waals surface area contributed by atoms with E-state index in [9.17, 15) is 0 Å². The van der Waals surface area contributed by atoms with Crippen molar-refractivity contribution in [2.75, 3.05) is 6.61 Å². The molecule has 0 spiro atoms. The molecule has 2 rings (SSSR count). The molecule has 0 radical (unpaired) electrons. The van der Waals surface area contributed by atoms with Gasteiger partial charge in [0.2, 0.25) is 0 Å². The van der Waals surface area contributed by atoms with E-state index >= 15 is 0 Å². The molecule has 2 aromatic rings. The third kappa shape index (κ3) is 3.45. The van der Waals surface area contributed by atoms with Crippen LogP contribution in [-0.4, -0.2) is 6.61 Å². The number of hydrogen-bond donors (Lipinski definition) is 1. The molecule has 1 unspecified atom stereocenters. The molecule has 2 nitrogen and oxygen atoms in total. The Balaban J connectivity index is 2.27. The molecule has 0 aliphatic heterocycles. The van der Waals surface area contributed by atoms with Crippen LogP contribution in [0.15, 0.2) is 42.5 Å². The van der Waals surface area contributed by atoms with E-state index in [1.165, 1.54) is 11.1 Å². The molecule has 2 N–H and O–H groups in total. The van der Waals surface area contributed by atoms with Crippen LogP contribution in [0.25, 0.3) is 0 Å². The van der Waals surface area contributed by atoms with E-state index in [1.54, 1.807) is 0 Å². The smallest absolute Gasteiger partial charge is 0.119 e. The van der Waals surface area contributed by atoms with Crippen LogP contribution < -0.4 is 10.5 Å². The lowest BCUT2D eigenvalue weighted by Gasteiger charge is -2.27. The molecule has 0 bridgehead atoms. The van der Waals surface area contributed by atoms with Crippen molar-refractivity contribution in [3.8, 4) is 5.75 Å². The van der Waals surface area contributed by atoms with Gasteiger partial charge in [-0.1, -0.05) is 37.3 Å². The van der Waals surface area contributed by atoms with E-state index in [0.29, 0.717) is 0 Å². The summed E-state index contributed by atoms with van der Waals surface area (Å²) in [5, 5.41) is 0. The van der Waals surface area contributed by atoms with Gasteiger partial charge in [-0.2, -0.15) is 0 Å². The van der Waals surface area contributed by atoms with Crippen molar-refractivity contribution < 1.29 is 4.74 Å². The minimum absolute atomic E-state index is 0.498. The fourth-order valence-corrected chi connectivity index (χ4v) is 2.35. The molecular weight excluding hydrogens is 258 g/mol. The van der Waals surface area contributed by atoms with Gasteiger partial charge in [-0.15, -0.1) is 0 Å². The van der Waals surface area contributed by atoms with Gasteiger partial charge in [-0.25, -0.2) is 0 Å². The van der Waals surface area contributed by atoms with Gasteiger partial charge in [-0.05, 0) is 61.6 Å². The highest BCUT2D eigenvalue weighted by atomic mass is 16.5. The second-order valence-corrected chi connectivity index (χ2v) is 5.87. The summed E-state index contributed by atoms with van der Waals surface area (Å²) >= 11 is 0. The van der Waals surface area contributed by atoms with E-state index < -0.39 is 5.54 Å². The molecule has 0 fully saturated rings. The zero-order valence-corrected chi connectivity index (χ0v) is 13.4. The molecule has 2 heteroatoms. The molecule has 2 aromatic carbocycles. The summed E-state index contributed by atoms with van der Waals surface area (Å²) in [7, 11) is 0. The van der Waals surface area contributed by atoms with Crippen molar-refractivity contribution in [2.45, 2.75) is 39.7 Å². The van der Waals surface area contributed by atoms with Crippen LogP contribution in [0.2, 0.25) is 0 Å². The Morgan fingerprint density at radius 1 is 0.952 bits per heavy atom. The first-order chi connectivity index (χ1) is 9.95. The number of aryl methyl sites for hydroxylation is 2. The minimum Gasteiger partial charge on any atom is -0.494 e. The van der Waals surface area contributed by atoms with E-state index in [1.807, 2.05) is 12.1 Å². The highest BCUT2D eigenvalue weighted by Crippen LogP contribution is 2.29. The highest BCUT2D eigenvalue weighted by molar-refractivity contribution is 5.42. The van der Waals surface area contributed by atoms with Crippen molar-refractivity contribution in [2.24, 2.45) is 5.73 Å². The van der Waals surface area contributed by atoms with Crippen LogP contribution in [0.1, 0.15) is 42.5 Å². The lowest BCUT2D eigenvalue weighted by atomic mass is 9.84. The first kappa shape index (κ1) is 15.6. The van der Waals surface area contributed by atoms with Gasteiger partial charge < -0.3 is 10.5 Å². The maximum atomic E-state index is 6.59. The molecule has 1 atom stereocenters. The summed E-state index contributed by atoms with van der Waals surface area (Å²) in [6.45, 7) is 9.14. The lowest BCUT2D eigenvalue weighted by Crippen LogP contribution is -2.34. The van der Waals surface area contributed by atoms with Gasteiger partial charge in [0.25, 0.3) is 0 Å². The quantitative estimate of drug-likeness (QED) is 0.887. The normalized spacial score (nSPS) is 13.8.